The second-order valence-electron chi connectivity index (χ2n) is 6.81. The van der Waals surface area contributed by atoms with E-state index in [-0.39, 0.29) is 18.7 Å². The first-order valence-electron chi connectivity index (χ1n) is 9.17. The lowest BCUT2D eigenvalue weighted by atomic mass is 10.2. The van der Waals surface area contributed by atoms with Crippen LogP contribution in [0.2, 0.25) is 0 Å². The summed E-state index contributed by atoms with van der Waals surface area (Å²) < 4.78 is 34.0. The molecule has 2 heterocycles. The predicted octanol–water partition coefficient (Wildman–Crippen LogP) is 3.26. The third-order valence-electron chi connectivity index (χ3n) is 4.84. The minimum atomic E-state index is -3.50. The van der Waals surface area contributed by atoms with E-state index in [0.717, 1.165) is 21.8 Å². The van der Waals surface area contributed by atoms with Crippen molar-refractivity contribution in [3.63, 3.8) is 0 Å². The Morgan fingerprint density at radius 3 is 2.21 bits per heavy atom. The maximum Gasteiger partial charge on any atom is 0.212 e. The highest BCUT2D eigenvalue weighted by Gasteiger charge is 2.17. The fourth-order valence-corrected chi connectivity index (χ4v) is 4.55. The lowest BCUT2D eigenvalue weighted by molar-refractivity contribution is 0.153. The molecule has 6 nitrogen and oxygen atoms in total. The van der Waals surface area contributed by atoms with Gasteiger partial charge < -0.3 is 14.1 Å². The van der Waals surface area contributed by atoms with Crippen LogP contribution in [0.25, 0.3) is 21.8 Å². The molecular formula is C21H22N2O4S. The van der Waals surface area contributed by atoms with Crippen LogP contribution in [-0.2, 0) is 23.1 Å². The van der Waals surface area contributed by atoms with Gasteiger partial charge in [0.05, 0.1) is 24.7 Å². The van der Waals surface area contributed by atoms with E-state index in [1.165, 1.54) is 6.26 Å². The molecule has 1 unspecified atom stereocenters. The maximum atomic E-state index is 12.2. The number of aliphatic hydroxyl groups is 1. The van der Waals surface area contributed by atoms with Crippen LogP contribution >= 0.6 is 0 Å². The van der Waals surface area contributed by atoms with Crippen molar-refractivity contribution in [2.75, 3.05) is 5.75 Å². The first-order valence-corrected chi connectivity index (χ1v) is 10.8. The van der Waals surface area contributed by atoms with Crippen LogP contribution in [-0.4, -0.2) is 29.9 Å². The number of fused-ring (bicyclic) bond motifs is 3. The first kappa shape index (κ1) is 18.7. The number of nitrogens with one attached hydrogen (secondary N) is 1. The molecule has 0 fully saturated rings. The average Bonchev–Trinajstić information content (AvgIpc) is 3.33. The number of hydrogen-bond donors (Lipinski definition) is 2. The molecule has 0 saturated carbocycles. The largest absolute Gasteiger partial charge is 0.468 e. The molecule has 1 atom stereocenters. The van der Waals surface area contributed by atoms with E-state index in [1.807, 2.05) is 36.4 Å². The number of para-hydroxylation sites is 2. The van der Waals surface area contributed by atoms with E-state index in [0.29, 0.717) is 12.3 Å². The van der Waals surface area contributed by atoms with Gasteiger partial charge in [-0.15, -0.1) is 0 Å². The van der Waals surface area contributed by atoms with Crippen LogP contribution in [0.15, 0.2) is 71.3 Å². The van der Waals surface area contributed by atoms with Crippen molar-refractivity contribution >= 4 is 31.8 Å². The Hall–Kier alpha value is -2.61. The molecule has 7 heteroatoms. The van der Waals surface area contributed by atoms with E-state index in [4.69, 9.17) is 4.42 Å². The molecule has 4 aromatic rings. The molecular weight excluding hydrogens is 376 g/mol. The summed E-state index contributed by atoms with van der Waals surface area (Å²) in [4.78, 5) is 0. The summed E-state index contributed by atoms with van der Waals surface area (Å²) in [5.41, 5.74) is 2.06. The van der Waals surface area contributed by atoms with Crippen molar-refractivity contribution in [1.29, 1.82) is 0 Å². The molecule has 0 spiro atoms. The number of nitrogens with zero attached hydrogens (tertiary/aromatic N) is 1. The molecule has 0 saturated heterocycles. The van der Waals surface area contributed by atoms with Gasteiger partial charge in [-0.25, -0.2) is 13.1 Å². The van der Waals surface area contributed by atoms with Crippen molar-refractivity contribution in [1.82, 2.24) is 9.29 Å². The lowest BCUT2D eigenvalue weighted by Gasteiger charge is -2.14. The molecule has 28 heavy (non-hydrogen) atoms. The van der Waals surface area contributed by atoms with Gasteiger partial charge in [-0.1, -0.05) is 36.4 Å². The molecule has 0 aliphatic heterocycles. The summed E-state index contributed by atoms with van der Waals surface area (Å²) in [5, 5.41) is 12.8. The smallest absolute Gasteiger partial charge is 0.212 e. The Morgan fingerprint density at radius 2 is 1.61 bits per heavy atom. The normalized spacial score (nSPS) is 13.3. The van der Waals surface area contributed by atoms with Gasteiger partial charge in [0, 0.05) is 28.4 Å². The van der Waals surface area contributed by atoms with Crippen molar-refractivity contribution in [3.05, 3.63) is 72.7 Å². The van der Waals surface area contributed by atoms with Crippen LogP contribution in [0.4, 0.5) is 0 Å². The minimum absolute atomic E-state index is 0.109. The molecule has 0 aliphatic carbocycles. The maximum absolute atomic E-state index is 12.2. The van der Waals surface area contributed by atoms with E-state index in [9.17, 15) is 13.5 Å². The van der Waals surface area contributed by atoms with Crippen molar-refractivity contribution in [2.24, 2.45) is 0 Å². The number of sulfonamides is 1. The number of rotatable bonds is 8. The first-order chi connectivity index (χ1) is 13.5. The van der Waals surface area contributed by atoms with Crippen LogP contribution in [0, 0.1) is 0 Å². The Kier molecular flexibility index (Phi) is 5.21. The summed E-state index contributed by atoms with van der Waals surface area (Å²) in [5.74, 6) is 0.404. The van der Waals surface area contributed by atoms with E-state index >= 15 is 0 Å². The lowest BCUT2D eigenvalue weighted by Crippen LogP contribution is -2.28. The SMILES string of the molecule is O=S(=O)(CCC(O)Cn1c2ccccc2c2ccccc21)NCc1ccco1. The molecule has 4 rings (SSSR count). The molecule has 0 bridgehead atoms. The van der Waals surface area contributed by atoms with E-state index in [2.05, 4.69) is 21.4 Å². The molecule has 146 valence electrons. The average molecular weight is 398 g/mol. The monoisotopic (exact) mass is 398 g/mol. The minimum Gasteiger partial charge on any atom is -0.468 e. The quantitative estimate of drug-likeness (QED) is 0.477. The highest BCUT2D eigenvalue weighted by Crippen LogP contribution is 2.29. The van der Waals surface area contributed by atoms with Crippen LogP contribution in [0.3, 0.4) is 0 Å². The second-order valence-corrected chi connectivity index (χ2v) is 8.73. The van der Waals surface area contributed by atoms with Gasteiger partial charge >= 0.3 is 0 Å². The van der Waals surface area contributed by atoms with Gasteiger partial charge in [-0.3, -0.25) is 0 Å². The molecule has 0 aliphatic rings. The number of benzene rings is 2. The summed E-state index contributed by atoms with van der Waals surface area (Å²) in [6.45, 7) is 0.444. The number of furan rings is 1. The van der Waals surface area contributed by atoms with Gasteiger partial charge in [-0.05, 0) is 30.7 Å². The molecule has 2 N–H and O–H groups in total. The van der Waals surface area contributed by atoms with Gasteiger partial charge in [-0.2, -0.15) is 0 Å². The van der Waals surface area contributed by atoms with Gasteiger partial charge in [0.1, 0.15) is 5.76 Å². The second kappa shape index (κ2) is 7.79. The third kappa shape index (κ3) is 3.96. The number of hydrogen-bond acceptors (Lipinski definition) is 4. The van der Waals surface area contributed by atoms with Gasteiger partial charge in [0.2, 0.25) is 10.0 Å². The Labute approximate surface area is 163 Å². The highest BCUT2D eigenvalue weighted by atomic mass is 32.2. The molecule has 0 radical (unpaired) electrons. The third-order valence-corrected chi connectivity index (χ3v) is 6.20. The van der Waals surface area contributed by atoms with E-state index in [1.54, 1.807) is 12.1 Å². The molecule has 0 amide bonds. The summed E-state index contributed by atoms with van der Waals surface area (Å²) in [7, 11) is -3.50. The number of aromatic nitrogens is 1. The highest BCUT2D eigenvalue weighted by molar-refractivity contribution is 7.89. The molecule has 2 aromatic heterocycles. The van der Waals surface area contributed by atoms with Crippen molar-refractivity contribution in [3.8, 4) is 0 Å². The molecule has 2 aromatic carbocycles. The van der Waals surface area contributed by atoms with Gasteiger partial charge in [0.15, 0.2) is 0 Å². The zero-order valence-electron chi connectivity index (χ0n) is 15.3. The Bertz CT molecular complexity index is 1130. The van der Waals surface area contributed by atoms with Gasteiger partial charge in [0.25, 0.3) is 0 Å². The topological polar surface area (TPSA) is 84.5 Å². The number of aliphatic hydroxyl groups excluding tert-OH is 1. The van der Waals surface area contributed by atoms with Crippen molar-refractivity contribution in [2.45, 2.75) is 25.6 Å². The zero-order valence-corrected chi connectivity index (χ0v) is 16.1. The van der Waals surface area contributed by atoms with E-state index < -0.39 is 16.1 Å². The Morgan fingerprint density at radius 1 is 0.964 bits per heavy atom. The summed E-state index contributed by atoms with van der Waals surface area (Å²) >= 11 is 0. The van der Waals surface area contributed by atoms with Crippen LogP contribution in [0.5, 0.6) is 0 Å². The Balaban J connectivity index is 1.45. The standard InChI is InChI=1S/C21H22N2O4S/c24-16(11-13-28(25,26)22-14-17-6-5-12-27-17)15-23-20-9-3-1-7-18(20)19-8-2-4-10-21(19)23/h1-10,12,16,22,24H,11,13-15H2. The fourth-order valence-electron chi connectivity index (χ4n) is 3.46. The van der Waals surface area contributed by atoms with Crippen LogP contribution in [0.1, 0.15) is 12.2 Å². The predicted molar refractivity (Wildman–Crippen MR) is 109 cm³/mol. The summed E-state index contributed by atoms with van der Waals surface area (Å²) in [6.07, 6.45) is 0.868. The summed E-state index contributed by atoms with van der Waals surface area (Å²) in [6, 6.07) is 19.5. The zero-order chi connectivity index (χ0) is 19.6. The van der Waals surface area contributed by atoms with Crippen LogP contribution < -0.4 is 4.72 Å². The van der Waals surface area contributed by atoms with Crippen molar-refractivity contribution < 1.29 is 17.9 Å². The fraction of sp³-hybridized carbons (Fsp3) is 0.238.